The molecule has 0 bridgehead atoms. The summed E-state index contributed by atoms with van der Waals surface area (Å²) in [7, 11) is 4.04. The molecule has 22 heteroatoms. The third-order valence-corrected chi connectivity index (χ3v) is 18.5. The van der Waals surface area contributed by atoms with Crippen LogP contribution >= 0.6 is 0 Å². The van der Waals surface area contributed by atoms with Crippen LogP contribution in [0.1, 0.15) is 110 Å². The van der Waals surface area contributed by atoms with Gasteiger partial charge in [0.2, 0.25) is 5.75 Å². The normalized spacial score (nSPS) is 42.2. The van der Waals surface area contributed by atoms with Crippen molar-refractivity contribution in [2.45, 2.75) is 197 Å². The van der Waals surface area contributed by atoms with Gasteiger partial charge in [-0.05, 0) is 92.6 Å². The van der Waals surface area contributed by atoms with Crippen LogP contribution in [0.15, 0.2) is 23.8 Å². The molecule has 0 spiro atoms. The van der Waals surface area contributed by atoms with Crippen LogP contribution in [0.3, 0.4) is 0 Å². The van der Waals surface area contributed by atoms with Gasteiger partial charge in [-0.1, -0.05) is 46.3 Å². The zero-order chi connectivity index (χ0) is 56.1. The molecule has 434 valence electrons. The molecule has 1 aromatic carbocycles. The van der Waals surface area contributed by atoms with Crippen molar-refractivity contribution in [1.29, 1.82) is 0 Å². The monoisotopic (exact) mass is 1090 g/mol. The summed E-state index contributed by atoms with van der Waals surface area (Å²) in [5.41, 5.74) is -1.63. The molecular formula is C55H82O22. The molecule has 22 atom stereocenters. The first-order chi connectivity index (χ1) is 36.4. The number of Topliss-reactive ketones (excluding diaryl/α,β-unsaturated/α-hetero) is 1. The predicted molar refractivity (Wildman–Crippen MR) is 267 cm³/mol. The van der Waals surface area contributed by atoms with Crippen LogP contribution in [0, 0.1) is 40.4 Å². The molecule has 0 radical (unpaired) electrons. The number of carbonyl (C=O) groups is 3. The lowest BCUT2D eigenvalue weighted by atomic mass is 9.46. The summed E-state index contributed by atoms with van der Waals surface area (Å²) in [6, 6.07) is 2.59. The van der Waals surface area contributed by atoms with Gasteiger partial charge in [-0.25, -0.2) is 4.79 Å². The maximum absolute atomic E-state index is 14.3. The van der Waals surface area contributed by atoms with Crippen LogP contribution in [-0.2, 0) is 47.5 Å². The number of esters is 2. The molecule has 0 amide bonds. The van der Waals surface area contributed by atoms with E-state index in [1.807, 2.05) is 13.8 Å². The van der Waals surface area contributed by atoms with E-state index in [-0.39, 0.29) is 70.2 Å². The van der Waals surface area contributed by atoms with Gasteiger partial charge >= 0.3 is 11.9 Å². The number of methoxy groups -OCH3 is 3. The second-order valence-electron chi connectivity index (χ2n) is 23.2. The van der Waals surface area contributed by atoms with Gasteiger partial charge in [0.05, 0.1) is 58.9 Å². The molecule has 7 aliphatic rings. The quantitative estimate of drug-likeness (QED) is 0.0768. The lowest BCUT2D eigenvalue weighted by molar-refractivity contribution is -0.362. The number of hydrogen-bond acceptors (Lipinski definition) is 22. The maximum Gasteiger partial charge on any atom is 0.338 e. The van der Waals surface area contributed by atoms with Crippen LogP contribution in [0.2, 0.25) is 0 Å². The van der Waals surface area contributed by atoms with E-state index in [0.717, 1.165) is 26.2 Å². The standard InChI is InChI=1S/C55H82O22/c1-25(2)10-13-34(59)26(3)55(66)40(21-33-31-12-11-29-20-30(58)14-16-53(29,5)32(31)15-17-54(33,55)6)75-52-48(72-27(4)57)45(35(60)23-70-52)77-51-47(76-49(65)28-18-36(67-7)46(69-9)37(19-28)68-8)42(62)39(24-71-51)74-50-44(64)43(63)41(61)38(22-56)73-50/h11,18-19,25-26,30-33,35,38-45,47-48,50-52,56,58,60-64,66H,10,12-17,20-24H2,1-9H3/t26-,30+,31-,32+,33+,35+,38-,39-,40+,41-,42+,43+,44-,45+,47-,48-,50+,51+,52+,53+,54+,55-/m1/s1. The number of fused-ring (bicyclic) bond motifs is 5. The molecule has 3 aliphatic heterocycles. The third kappa shape index (κ3) is 11.2. The highest BCUT2D eigenvalue weighted by molar-refractivity contribution is 5.91. The number of allylic oxidation sites excluding steroid dienone is 1. The van der Waals surface area contributed by atoms with Crippen LogP contribution in [0.4, 0.5) is 0 Å². The Morgan fingerprint density at radius 1 is 0.766 bits per heavy atom. The van der Waals surface area contributed by atoms with Crippen molar-refractivity contribution in [3.63, 3.8) is 0 Å². The Labute approximate surface area is 449 Å². The highest BCUT2D eigenvalue weighted by Gasteiger charge is 2.71. The molecule has 3 saturated heterocycles. The van der Waals surface area contributed by atoms with Gasteiger partial charge in [0.25, 0.3) is 0 Å². The first-order valence-electron chi connectivity index (χ1n) is 27.1. The van der Waals surface area contributed by atoms with Crippen LogP contribution in [0.25, 0.3) is 0 Å². The molecular weight excluding hydrogens is 1010 g/mol. The van der Waals surface area contributed by atoms with E-state index in [0.29, 0.717) is 32.1 Å². The first-order valence-corrected chi connectivity index (χ1v) is 27.1. The summed E-state index contributed by atoms with van der Waals surface area (Å²) in [4.78, 5) is 41.7. The topological polar surface area (TPSA) is 315 Å². The van der Waals surface area contributed by atoms with Gasteiger partial charge < -0.3 is 93.0 Å². The minimum Gasteiger partial charge on any atom is -0.493 e. The van der Waals surface area contributed by atoms with Crippen LogP contribution in [-0.4, -0.2) is 197 Å². The molecule has 0 aromatic heterocycles. The molecule has 22 nitrogen and oxygen atoms in total. The second-order valence-corrected chi connectivity index (χ2v) is 23.2. The lowest BCUT2D eigenvalue weighted by Crippen LogP contribution is -2.65. The van der Waals surface area contributed by atoms with Crippen LogP contribution < -0.4 is 14.2 Å². The SMILES string of the molecule is COc1cc(C(=O)O[C@H]2[C@H](O[C@@H]3[C@@H](OC(C)=O)[C@H](O[C@H]4C[C@H]5[C@@H]6CC=C7C[C@@H](O)CC[C@]7(C)[C@H]6CC[C@]5(C)[C@@]4(O)[C@H](C)C(=O)CCC(C)C)OC[C@@H]3O)OC[C@@H](O[C@@H]3O[C@H](CO)[C@@H](O)[C@H](O)[C@H]3O)[C@@H]2O)cc(OC)c1OC. The summed E-state index contributed by atoms with van der Waals surface area (Å²) in [5, 5.41) is 89.8. The molecule has 1 aromatic rings. The number of ketones is 1. The highest BCUT2D eigenvalue weighted by atomic mass is 16.8. The number of aliphatic hydroxyl groups excluding tert-OH is 7. The Morgan fingerprint density at radius 2 is 1.44 bits per heavy atom. The van der Waals surface area contributed by atoms with E-state index in [4.69, 9.17) is 52.1 Å². The molecule has 3 saturated carbocycles. The molecule has 6 fully saturated rings. The third-order valence-electron chi connectivity index (χ3n) is 18.5. The number of carbonyl (C=O) groups excluding carboxylic acids is 3. The van der Waals surface area contributed by atoms with E-state index in [1.54, 1.807) is 6.92 Å². The number of rotatable bonds is 18. The first kappa shape index (κ1) is 59.5. The largest absolute Gasteiger partial charge is 0.493 e. The second kappa shape index (κ2) is 23.9. The highest BCUT2D eigenvalue weighted by Crippen LogP contribution is 2.69. The number of hydrogen-bond donors (Lipinski definition) is 8. The number of aliphatic hydroxyl groups is 8. The average molecular weight is 1100 g/mol. The Balaban J connectivity index is 1.11. The predicted octanol–water partition coefficient (Wildman–Crippen LogP) is 1.87. The fourth-order valence-corrected chi connectivity index (χ4v) is 14.0. The van der Waals surface area contributed by atoms with Crippen molar-refractivity contribution in [3.05, 3.63) is 29.3 Å². The number of ether oxygens (including phenoxy) is 11. The van der Waals surface area contributed by atoms with E-state index < -0.39 is 135 Å². The van der Waals surface area contributed by atoms with E-state index >= 15 is 0 Å². The summed E-state index contributed by atoms with van der Waals surface area (Å²) in [6.07, 6.45) is -15.8. The average Bonchev–Trinajstić information content (AvgIpc) is 3.85. The molecule has 8 N–H and O–H groups in total. The smallest absolute Gasteiger partial charge is 0.338 e. The Kier molecular flexibility index (Phi) is 18.4. The van der Waals surface area contributed by atoms with Crippen molar-refractivity contribution in [2.24, 2.45) is 40.4 Å². The van der Waals surface area contributed by atoms with Gasteiger partial charge in [-0.3, -0.25) is 9.59 Å². The fraction of sp³-hybridized carbons (Fsp3) is 0.800. The molecule has 4 aliphatic carbocycles. The summed E-state index contributed by atoms with van der Waals surface area (Å²) in [5.74, 6) is -2.19. The van der Waals surface area contributed by atoms with Gasteiger partial charge in [-0.2, -0.15) is 0 Å². The summed E-state index contributed by atoms with van der Waals surface area (Å²) < 4.78 is 65.3. The zero-order valence-corrected chi connectivity index (χ0v) is 45.6. The summed E-state index contributed by atoms with van der Waals surface area (Å²) in [6.45, 7) is 9.46. The van der Waals surface area contributed by atoms with Crippen LogP contribution in [0.5, 0.6) is 17.2 Å². The lowest BCUT2D eigenvalue weighted by Gasteiger charge is -2.59. The van der Waals surface area contributed by atoms with E-state index in [9.17, 15) is 55.2 Å². The Hall–Kier alpha value is -3.59. The summed E-state index contributed by atoms with van der Waals surface area (Å²) >= 11 is 0. The molecule has 8 rings (SSSR count). The van der Waals surface area contributed by atoms with Crippen molar-refractivity contribution < 1.29 is 107 Å². The van der Waals surface area contributed by atoms with Crippen molar-refractivity contribution >= 4 is 17.7 Å². The zero-order valence-electron chi connectivity index (χ0n) is 45.6. The van der Waals surface area contributed by atoms with E-state index in [1.165, 1.54) is 39.0 Å². The van der Waals surface area contributed by atoms with Gasteiger partial charge in [-0.15, -0.1) is 0 Å². The van der Waals surface area contributed by atoms with Gasteiger partial charge in [0.15, 0.2) is 42.6 Å². The Morgan fingerprint density at radius 3 is 2.08 bits per heavy atom. The van der Waals surface area contributed by atoms with Crippen molar-refractivity contribution in [2.75, 3.05) is 41.2 Å². The molecule has 3 heterocycles. The number of benzene rings is 1. The molecule has 77 heavy (non-hydrogen) atoms. The Bertz CT molecular complexity index is 2250. The minimum absolute atomic E-state index is 0.0805. The fourth-order valence-electron chi connectivity index (χ4n) is 14.0. The minimum atomic E-state index is -1.91. The maximum atomic E-state index is 14.3. The van der Waals surface area contributed by atoms with Crippen molar-refractivity contribution in [3.8, 4) is 17.2 Å². The van der Waals surface area contributed by atoms with Gasteiger partial charge in [0, 0.05) is 24.7 Å². The van der Waals surface area contributed by atoms with Crippen molar-refractivity contribution in [1.82, 2.24) is 0 Å². The van der Waals surface area contributed by atoms with E-state index in [2.05, 4.69) is 19.9 Å². The molecule has 0 unspecified atom stereocenters. The van der Waals surface area contributed by atoms with Gasteiger partial charge in [0.1, 0.15) is 60.2 Å².